The predicted molar refractivity (Wildman–Crippen MR) is 44.7 cm³/mol. The molecule has 1 rings (SSSR count). The van der Waals surface area contributed by atoms with Crippen molar-refractivity contribution in [1.29, 1.82) is 0 Å². The first-order chi connectivity index (χ1) is 5.72. The van der Waals surface area contributed by atoms with Crippen LogP contribution in [0, 0.1) is 0 Å². The van der Waals surface area contributed by atoms with Gasteiger partial charge in [0.25, 0.3) is 0 Å². The van der Waals surface area contributed by atoms with E-state index < -0.39 is 0 Å². The third kappa shape index (κ3) is 2.23. The van der Waals surface area contributed by atoms with Gasteiger partial charge in [-0.15, -0.1) is 6.58 Å². The molecule has 64 valence electrons. The van der Waals surface area contributed by atoms with E-state index in [4.69, 9.17) is 4.52 Å². The van der Waals surface area contributed by atoms with Crippen LogP contribution >= 0.6 is 0 Å². The van der Waals surface area contributed by atoms with Crippen LogP contribution in [0.3, 0.4) is 0 Å². The Balaban J connectivity index is 2.63. The monoisotopic (exact) mass is 166 g/mol. The number of allylic oxidation sites excluding steroid dienone is 1. The number of nitrogens with zero attached hydrogens (tertiary/aromatic N) is 1. The van der Waals surface area contributed by atoms with Crippen LogP contribution in [0.25, 0.3) is 0 Å². The van der Waals surface area contributed by atoms with E-state index in [0.29, 0.717) is 12.3 Å². The van der Waals surface area contributed by atoms with Crippen LogP contribution < -0.4 is 5.32 Å². The van der Waals surface area contributed by atoms with Crippen molar-refractivity contribution >= 4 is 11.8 Å². The smallest absolute Gasteiger partial charge is 0.231 e. The minimum Gasteiger partial charge on any atom is -0.338 e. The van der Waals surface area contributed by atoms with Gasteiger partial charge in [0.1, 0.15) is 0 Å². The predicted octanol–water partition coefficient (Wildman–Crippen LogP) is 1.36. The second-order valence-corrected chi connectivity index (χ2v) is 2.36. The first kappa shape index (κ1) is 8.52. The lowest BCUT2D eigenvalue weighted by Gasteiger charge is -1.90. The van der Waals surface area contributed by atoms with E-state index >= 15 is 0 Å². The SMILES string of the molecule is C=CCc1cc(NC(C)=O)on1. The first-order valence-electron chi connectivity index (χ1n) is 3.56. The highest BCUT2D eigenvalue weighted by Gasteiger charge is 2.02. The lowest BCUT2D eigenvalue weighted by molar-refractivity contribution is -0.114. The zero-order valence-corrected chi connectivity index (χ0v) is 6.83. The summed E-state index contributed by atoms with van der Waals surface area (Å²) in [6.07, 6.45) is 2.36. The summed E-state index contributed by atoms with van der Waals surface area (Å²) in [6, 6.07) is 1.67. The molecule has 1 amide bonds. The Morgan fingerprint density at radius 3 is 3.25 bits per heavy atom. The van der Waals surface area contributed by atoms with E-state index in [1.165, 1.54) is 6.92 Å². The number of carbonyl (C=O) groups excluding carboxylic acids is 1. The van der Waals surface area contributed by atoms with Gasteiger partial charge >= 0.3 is 0 Å². The molecule has 1 heterocycles. The Bertz CT molecular complexity index is 291. The van der Waals surface area contributed by atoms with Gasteiger partial charge < -0.3 is 4.52 Å². The molecule has 0 aromatic carbocycles. The largest absolute Gasteiger partial charge is 0.338 e. The molecule has 1 N–H and O–H groups in total. The van der Waals surface area contributed by atoms with Crippen molar-refractivity contribution in [1.82, 2.24) is 5.16 Å². The molecule has 0 fully saturated rings. The highest BCUT2D eigenvalue weighted by Crippen LogP contribution is 2.09. The van der Waals surface area contributed by atoms with Crippen molar-refractivity contribution in [3.63, 3.8) is 0 Å². The number of carbonyl (C=O) groups is 1. The molecule has 0 aliphatic carbocycles. The summed E-state index contributed by atoms with van der Waals surface area (Å²) in [5.41, 5.74) is 0.758. The van der Waals surface area contributed by atoms with Gasteiger partial charge in [0.2, 0.25) is 11.8 Å². The molecular weight excluding hydrogens is 156 g/mol. The lowest BCUT2D eigenvalue weighted by atomic mass is 10.3. The summed E-state index contributed by atoms with van der Waals surface area (Å²) >= 11 is 0. The van der Waals surface area contributed by atoms with Gasteiger partial charge in [0.15, 0.2) is 0 Å². The normalized spacial score (nSPS) is 9.42. The molecule has 0 aliphatic heterocycles. The minimum absolute atomic E-state index is 0.170. The third-order valence-electron chi connectivity index (χ3n) is 1.21. The van der Waals surface area contributed by atoms with Gasteiger partial charge in [0.05, 0.1) is 5.69 Å². The standard InChI is InChI=1S/C8H10N2O2/c1-3-4-7-5-8(12-10-7)9-6(2)11/h3,5H,1,4H2,2H3,(H,9,11). The molecule has 4 heteroatoms. The van der Waals surface area contributed by atoms with E-state index in [-0.39, 0.29) is 5.91 Å². The van der Waals surface area contributed by atoms with Crippen molar-refractivity contribution in [3.8, 4) is 0 Å². The van der Waals surface area contributed by atoms with Gasteiger partial charge in [-0.3, -0.25) is 10.1 Å². The van der Waals surface area contributed by atoms with Crippen molar-refractivity contribution in [2.75, 3.05) is 5.32 Å². The van der Waals surface area contributed by atoms with Crippen LogP contribution in [0.5, 0.6) is 0 Å². The molecule has 4 nitrogen and oxygen atoms in total. The molecule has 1 aromatic rings. The maximum atomic E-state index is 10.6. The number of amides is 1. The maximum absolute atomic E-state index is 10.6. The molecular formula is C8H10N2O2. The van der Waals surface area contributed by atoms with E-state index in [1.54, 1.807) is 12.1 Å². The lowest BCUT2D eigenvalue weighted by Crippen LogP contribution is -2.04. The average Bonchev–Trinajstić information content (AvgIpc) is 2.36. The highest BCUT2D eigenvalue weighted by molar-refractivity contribution is 5.87. The zero-order chi connectivity index (χ0) is 8.97. The zero-order valence-electron chi connectivity index (χ0n) is 6.83. The maximum Gasteiger partial charge on any atom is 0.231 e. The highest BCUT2D eigenvalue weighted by atomic mass is 16.5. The van der Waals surface area contributed by atoms with Crippen molar-refractivity contribution < 1.29 is 9.32 Å². The third-order valence-corrected chi connectivity index (χ3v) is 1.21. The van der Waals surface area contributed by atoms with E-state index in [9.17, 15) is 4.79 Å². The van der Waals surface area contributed by atoms with Crippen molar-refractivity contribution in [3.05, 3.63) is 24.4 Å². The van der Waals surface area contributed by atoms with E-state index in [0.717, 1.165) is 5.69 Å². The molecule has 0 aliphatic rings. The Kier molecular flexibility index (Phi) is 2.63. The minimum atomic E-state index is -0.170. The van der Waals surface area contributed by atoms with Crippen LogP contribution in [-0.4, -0.2) is 11.1 Å². The number of anilines is 1. The summed E-state index contributed by atoms with van der Waals surface area (Å²) in [6.45, 7) is 4.97. The Labute approximate surface area is 70.2 Å². The van der Waals surface area contributed by atoms with E-state index in [2.05, 4.69) is 17.1 Å². The number of aromatic nitrogens is 1. The fourth-order valence-corrected chi connectivity index (χ4v) is 0.788. The summed E-state index contributed by atoms with van der Waals surface area (Å²) in [5, 5.41) is 6.18. The summed E-state index contributed by atoms with van der Waals surface area (Å²) in [7, 11) is 0. The van der Waals surface area contributed by atoms with Crippen LogP contribution in [-0.2, 0) is 11.2 Å². The second kappa shape index (κ2) is 3.71. The van der Waals surface area contributed by atoms with Crippen LogP contribution in [0.1, 0.15) is 12.6 Å². The topological polar surface area (TPSA) is 55.1 Å². The number of nitrogens with one attached hydrogen (secondary N) is 1. The van der Waals surface area contributed by atoms with Gasteiger partial charge in [-0.2, -0.15) is 0 Å². The van der Waals surface area contributed by atoms with Crippen LogP contribution in [0.4, 0.5) is 5.88 Å². The fourth-order valence-electron chi connectivity index (χ4n) is 0.788. The molecule has 0 bridgehead atoms. The number of hydrogen-bond donors (Lipinski definition) is 1. The van der Waals surface area contributed by atoms with Gasteiger partial charge in [-0.1, -0.05) is 11.2 Å². The second-order valence-electron chi connectivity index (χ2n) is 2.36. The quantitative estimate of drug-likeness (QED) is 0.690. The molecule has 1 aromatic heterocycles. The molecule has 0 unspecified atom stereocenters. The molecule has 12 heavy (non-hydrogen) atoms. The summed E-state index contributed by atoms with van der Waals surface area (Å²) in [5.74, 6) is 0.204. The van der Waals surface area contributed by atoms with Crippen molar-refractivity contribution in [2.24, 2.45) is 0 Å². The van der Waals surface area contributed by atoms with Crippen LogP contribution in [0.2, 0.25) is 0 Å². The molecule has 0 saturated carbocycles. The molecule has 0 saturated heterocycles. The van der Waals surface area contributed by atoms with E-state index in [1.807, 2.05) is 0 Å². The van der Waals surface area contributed by atoms with Gasteiger partial charge in [0, 0.05) is 19.4 Å². The fraction of sp³-hybridized carbons (Fsp3) is 0.250. The van der Waals surface area contributed by atoms with Gasteiger partial charge in [-0.25, -0.2) is 0 Å². The summed E-state index contributed by atoms with van der Waals surface area (Å²) in [4.78, 5) is 10.6. The molecule has 0 spiro atoms. The number of rotatable bonds is 3. The molecule has 0 radical (unpaired) electrons. The summed E-state index contributed by atoms with van der Waals surface area (Å²) < 4.78 is 4.80. The van der Waals surface area contributed by atoms with Crippen LogP contribution in [0.15, 0.2) is 23.2 Å². The average molecular weight is 166 g/mol. The Hall–Kier alpha value is -1.58. The number of hydrogen-bond acceptors (Lipinski definition) is 3. The van der Waals surface area contributed by atoms with Crippen molar-refractivity contribution in [2.45, 2.75) is 13.3 Å². The van der Waals surface area contributed by atoms with Gasteiger partial charge in [-0.05, 0) is 0 Å². The first-order valence-corrected chi connectivity index (χ1v) is 3.56. The molecule has 0 atom stereocenters. The Morgan fingerprint density at radius 1 is 1.92 bits per heavy atom. The Morgan fingerprint density at radius 2 is 2.67 bits per heavy atom.